The third-order valence-corrected chi connectivity index (χ3v) is 4.80. The van der Waals surface area contributed by atoms with Gasteiger partial charge in [-0.1, -0.05) is 17.7 Å². The molecule has 1 atom stereocenters. The van der Waals surface area contributed by atoms with Crippen molar-refractivity contribution in [3.8, 4) is 5.75 Å². The van der Waals surface area contributed by atoms with Crippen molar-refractivity contribution in [3.63, 3.8) is 0 Å². The summed E-state index contributed by atoms with van der Waals surface area (Å²) in [5.74, 6) is -2.13. The van der Waals surface area contributed by atoms with Crippen LogP contribution in [0.4, 0.5) is 17.1 Å². The number of nitro groups is 1. The van der Waals surface area contributed by atoms with Crippen LogP contribution in [0.25, 0.3) is 0 Å². The van der Waals surface area contributed by atoms with Crippen LogP contribution in [-0.4, -0.2) is 43.0 Å². The molecule has 1 aliphatic heterocycles. The van der Waals surface area contributed by atoms with E-state index in [1.54, 1.807) is 12.1 Å². The van der Waals surface area contributed by atoms with Crippen molar-refractivity contribution < 1.29 is 28.8 Å². The van der Waals surface area contributed by atoms with Gasteiger partial charge in [0, 0.05) is 24.7 Å². The van der Waals surface area contributed by atoms with Crippen molar-refractivity contribution in [1.82, 2.24) is 0 Å². The second kappa shape index (κ2) is 9.24. The molecular formula is C21H21N3O7. The summed E-state index contributed by atoms with van der Waals surface area (Å²) in [6.07, 6.45) is -0.0987. The first-order valence-electron chi connectivity index (χ1n) is 9.44. The van der Waals surface area contributed by atoms with Gasteiger partial charge in [-0.2, -0.15) is 0 Å². The van der Waals surface area contributed by atoms with Crippen molar-refractivity contribution in [2.24, 2.45) is 5.92 Å². The maximum Gasteiger partial charge on any atom is 0.311 e. The summed E-state index contributed by atoms with van der Waals surface area (Å²) < 4.78 is 10.2. The number of nitrogens with zero attached hydrogens (tertiary/aromatic N) is 2. The van der Waals surface area contributed by atoms with Crippen LogP contribution < -0.4 is 15.0 Å². The van der Waals surface area contributed by atoms with Crippen LogP contribution in [0.3, 0.4) is 0 Å². The molecule has 0 unspecified atom stereocenters. The highest BCUT2D eigenvalue weighted by molar-refractivity contribution is 6.01. The Morgan fingerprint density at radius 2 is 1.94 bits per heavy atom. The Labute approximate surface area is 177 Å². The molecule has 1 fully saturated rings. The van der Waals surface area contributed by atoms with Gasteiger partial charge in [-0.3, -0.25) is 24.5 Å². The van der Waals surface area contributed by atoms with E-state index in [2.05, 4.69) is 5.32 Å². The average Bonchev–Trinajstić information content (AvgIpc) is 3.14. The van der Waals surface area contributed by atoms with Gasteiger partial charge in [0.15, 0.2) is 6.61 Å². The van der Waals surface area contributed by atoms with Crippen LogP contribution >= 0.6 is 0 Å². The summed E-state index contributed by atoms with van der Waals surface area (Å²) in [5.41, 5.74) is 1.77. The van der Waals surface area contributed by atoms with E-state index in [0.717, 1.165) is 5.56 Å². The van der Waals surface area contributed by atoms with E-state index in [0.29, 0.717) is 11.4 Å². The zero-order valence-electron chi connectivity index (χ0n) is 17.0. The fourth-order valence-corrected chi connectivity index (χ4v) is 3.19. The van der Waals surface area contributed by atoms with E-state index in [9.17, 15) is 24.5 Å². The first-order valence-corrected chi connectivity index (χ1v) is 9.44. The molecule has 0 saturated carbocycles. The maximum atomic E-state index is 12.4. The van der Waals surface area contributed by atoms with Crippen molar-refractivity contribution in [1.29, 1.82) is 0 Å². The fourth-order valence-electron chi connectivity index (χ4n) is 3.19. The molecule has 10 heteroatoms. The van der Waals surface area contributed by atoms with Gasteiger partial charge in [0.2, 0.25) is 5.91 Å². The Morgan fingerprint density at radius 3 is 2.58 bits per heavy atom. The third kappa shape index (κ3) is 5.16. The van der Waals surface area contributed by atoms with Crippen molar-refractivity contribution in [3.05, 3.63) is 58.1 Å². The molecule has 1 N–H and O–H groups in total. The number of hydrogen-bond acceptors (Lipinski definition) is 7. The third-order valence-electron chi connectivity index (χ3n) is 4.80. The average molecular weight is 427 g/mol. The van der Waals surface area contributed by atoms with E-state index in [1.165, 1.54) is 30.2 Å². The van der Waals surface area contributed by atoms with Crippen LogP contribution in [0.15, 0.2) is 42.5 Å². The van der Waals surface area contributed by atoms with Crippen molar-refractivity contribution >= 4 is 34.8 Å². The minimum atomic E-state index is -0.764. The van der Waals surface area contributed by atoms with Crippen LogP contribution in [0.5, 0.6) is 5.75 Å². The Morgan fingerprint density at radius 1 is 1.23 bits per heavy atom. The lowest BCUT2D eigenvalue weighted by Gasteiger charge is -2.19. The molecule has 0 bridgehead atoms. The lowest BCUT2D eigenvalue weighted by molar-refractivity contribution is -0.384. The molecule has 1 aliphatic rings. The van der Waals surface area contributed by atoms with Gasteiger partial charge in [0.25, 0.3) is 11.6 Å². The zero-order chi connectivity index (χ0) is 22.5. The standard InChI is InChI=1S/C21H21N3O7/c1-13-3-5-15(6-4-13)22-19(25)12-31-21(27)14-9-20(26)23(11-14)17-8-7-16(24(28)29)10-18(17)30-2/h3-8,10,14H,9,11-12H2,1-2H3,(H,22,25)/t14-/m0/s1. The molecule has 0 radical (unpaired) electrons. The topological polar surface area (TPSA) is 128 Å². The van der Waals surface area contributed by atoms with E-state index in [1.807, 2.05) is 19.1 Å². The highest BCUT2D eigenvalue weighted by atomic mass is 16.6. The molecule has 2 aromatic rings. The second-order valence-corrected chi connectivity index (χ2v) is 7.04. The number of nitro benzene ring substituents is 1. The molecule has 0 aromatic heterocycles. The number of carbonyl (C=O) groups excluding carboxylic acids is 3. The van der Waals surface area contributed by atoms with Crippen LogP contribution in [-0.2, 0) is 19.1 Å². The lowest BCUT2D eigenvalue weighted by atomic mass is 10.1. The van der Waals surface area contributed by atoms with Crippen LogP contribution in [0.1, 0.15) is 12.0 Å². The number of rotatable bonds is 7. The van der Waals surface area contributed by atoms with Gasteiger partial charge in [-0.05, 0) is 25.1 Å². The molecule has 0 spiro atoms. The molecule has 3 rings (SSSR count). The molecule has 31 heavy (non-hydrogen) atoms. The highest BCUT2D eigenvalue weighted by Crippen LogP contribution is 2.35. The monoisotopic (exact) mass is 427 g/mol. The Balaban J connectivity index is 1.59. The Kier molecular flexibility index (Phi) is 6.49. The number of carbonyl (C=O) groups is 3. The van der Waals surface area contributed by atoms with Gasteiger partial charge in [-0.15, -0.1) is 0 Å². The number of non-ortho nitro benzene ring substituents is 1. The minimum absolute atomic E-state index is 0.0193. The van der Waals surface area contributed by atoms with Gasteiger partial charge in [-0.25, -0.2) is 0 Å². The second-order valence-electron chi connectivity index (χ2n) is 7.04. The predicted molar refractivity (Wildman–Crippen MR) is 111 cm³/mol. The molecule has 10 nitrogen and oxygen atoms in total. The number of nitrogens with one attached hydrogen (secondary N) is 1. The predicted octanol–water partition coefficient (Wildman–Crippen LogP) is 2.45. The number of esters is 1. The molecule has 1 heterocycles. The van der Waals surface area contributed by atoms with E-state index < -0.39 is 29.3 Å². The Hall–Kier alpha value is -3.95. The van der Waals surface area contributed by atoms with Gasteiger partial charge < -0.3 is 19.7 Å². The molecule has 2 amide bonds. The van der Waals surface area contributed by atoms with Gasteiger partial charge >= 0.3 is 5.97 Å². The van der Waals surface area contributed by atoms with E-state index >= 15 is 0 Å². The minimum Gasteiger partial charge on any atom is -0.494 e. The summed E-state index contributed by atoms with van der Waals surface area (Å²) in [6, 6.07) is 11.0. The molecule has 162 valence electrons. The number of aryl methyl sites for hydroxylation is 1. The van der Waals surface area contributed by atoms with Gasteiger partial charge in [0.05, 0.1) is 29.7 Å². The fraction of sp³-hybridized carbons (Fsp3) is 0.286. The van der Waals surface area contributed by atoms with Crippen LogP contribution in [0, 0.1) is 23.0 Å². The summed E-state index contributed by atoms with van der Waals surface area (Å²) in [6.45, 7) is 1.47. The molecular weight excluding hydrogens is 406 g/mol. The zero-order valence-corrected chi connectivity index (χ0v) is 17.0. The number of anilines is 2. The number of hydrogen-bond donors (Lipinski definition) is 1. The number of benzene rings is 2. The summed E-state index contributed by atoms with van der Waals surface area (Å²) >= 11 is 0. The quantitative estimate of drug-likeness (QED) is 0.408. The first-order chi connectivity index (χ1) is 14.8. The van der Waals surface area contributed by atoms with E-state index in [4.69, 9.17) is 9.47 Å². The maximum absolute atomic E-state index is 12.4. The van der Waals surface area contributed by atoms with E-state index in [-0.39, 0.29) is 30.3 Å². The van der Waals surface area contributed by atoms with Crippen molar-refractivity contribution in [2.45, 2.75) is 13.3 Å². The first kappa shape index (κ1) is 21.8. The molecule has 0 aliphatic carbocycles. The smallest absolute Gasteiger partial charge is 0.311 e. The number of methoxy groups -OCH3 is 1. The van der Waals surface area contributed by atoms with Gasteiger partial charge in [0.1, 0.15) is 5.75 Å². The summed E-state index contributed by atoms with van der Waals surface area (Å²) in [5, 5.41) is 13.6. The Bertz CT molecular complexity index is 1020. The SMILES string of the molecule is COc1cc([N+](=O)[O-])ccc1N1C[C@@H](C(=O)OCC(=O)Nc2ccc(C)cc2)CC1=O. The molecule has 1 saturated heterocycles. The number of ether oxygens (including phenoxy) is 2. The van der Waals surface area contributed by atoms with Crippen molar-refractivity contribution in [2.75, 3.05) is 30.5 Å². The largest absolute Gasteiger partial charge is 0.494 e. The summed E-state index contributed by atoms with van der Waals surface area (Å²) in [4.78, 5) is 48.5. The normalized spacial score (nSPS) is 15.5. The number of amides is 2. The lowest BCUT2D eigenvalue weighted by Crippen LogP contribution is -2.28. The summed E-state index contributed by atoms with van der Waals surface area (Å²) in [7, 11) is 1.33. The highest BCUT2D eigenvalue weighted by Gasteiger charge is 2.37. The molecule has 2 aromatic carbocycles. The van der Waals surface area contributed by atoms with Crippen LogP contribution in [0.2, 0.25) is 0 Å².